The molecule has 0 aliphatic heterocycles. The third kappa shape index (κ3) is 2.31. The van der Waals surface area contributed by atoms with Gasteiger partial charge >= 0.3 is 0 Å². The van der Waals surface area contributed by atoms with Crippen LogP contribution in [0.3, 0.4) is 0 Å². The van der Waals surface area contributed by atoms with E-state index in [1.165, 1.54) is 4.90 Å². The van der Waals surface area contributed by atoms with Gasteiger partial charge in [0.1, 0.15) is 0 Å². The van der Waals surface area contributed by atoms with Crippen molar-refractivity contribution < 1.29 is 4.79 Å². The number of allylic oxidation sites excluding steroid dienone is 1. The normalized spacial score (nSPS) is 11.3. The van der Waals surface area contributed by atoms with Crippen molar-refractivity contribution >= 4 is 5.91 Å². The van der Waals surface area contributed by atoms with Crippen LogP contribution in [0.5, 0.6) is 0 Å². The SMILES string of the molecule is [CH2]/C=C(\C)C(=O)N(C)C. The van der Waals surface area contributed by atoms with Gasteiger partial charge in [0.05, 0.1) is 0 Å². The quantitative estimate of drug-likeness (QED) is 0.477. The summed E-state index contributed by atoms with van der Waals surface area (Å²) in [6, 6.07) is 0. The second-order valence-electron chi connectivity index (χ2n) is 2.09. The molecule has 0 spiro atoms. The summed E-state index contributed by atoms with van der Waals surface area (Å²) in [6.07, 6.45) is 1.56. The second kappa shape index (κ2) is 3.28. The van der Waals surface area contributed by atoms with Gasteiger partial charge in [-0.25, -0.2) is 0 Å². The molecule has 2 heteroatoms. The number of likely N-dealkylation sites (N-methyl/N-ethyl adjacent to an activating group) is 1. The largest absolute Gasteiger partial charge is 0.345 e. The average molecular weight is 126 g/mol. The van der Waals surface area contributed by atoms with Gasteiger partial charge in [-0.15, -0.1) is 0 Å². The Bertz CT molecular complexity index is 136. The zero-order valence-corrected chi connectivity index (χ0v) is 6.14. The molecule has 0 unspecified atom stereocenters. The summed E-state index contributed by atoms with van der Waals surface area (Å²) in [4.78, 5) is 12.4. The first kappa shape index (κ1) is 8.21. The summed E-state index contributed by atoms with van der Waals surface area (Å²) in [5, 5.41) is 0. The van der Waals surface area contributed by atoms with Gasteiger partial charge in [0.25, 0.3) is 0 Å². The highest BCUT2D eigenvalue weighted by Crippen LogP contribution is 1.94. The first-order valence-electron chi connectivity index (χ1n) is 2.77. The van der Waals surface area contributed by atoms with Crippen molar-refractivity contribution in [2.75, 3.05) is 14.1 Å². The molecule has 0 saturated carbocycles. The van der Waals surface area contributed by atoms with Crippen LogP contribution in [-0.4, -0.2) is 24.9 Å². The molecule has 0 heterocycles. The van der Waals surface area contributed by atoms with Crippen LogP contribution in [0.15, 0.2) is 11.6 Å². The molecular weight excluding hydrogens is 114 g/mol. The minimum Gasteiger partial charge on any atom is -0.345 e. The number of hydrogen-bond acceptors (Lipinski definition) is 1. The van der Waals surface area contributed by atoms with Gasteiger partial charge < -0.3 is 4.90 Å². The summed E-state index contributed by atoms with van der Waals surface area (Å²) in [5.41, 5.74) is 0.681. The van der Waals surface area contributed by atoms with E-state index in [0.29, 0.717) is 5.57 Å². The zero-order chi connectivity index (χ0) is 7.44. The van der Waals surface area contributed by atoms with Crippen molar-refractivity contribution in [2.45, 2.75) is 6.92 Å². The molecule has 51 valence electrons. The fourth-order valence-electron chi connectivity index (χ4n) is 0.440. The Labute approximate surface area is 56.2 Å². The third-order valence-corrected chi connectivity index (χ3v) is 1.05. The van der Waals surface area contributed by atoms with Crippen LogP contribution in [0, 0.1) is 6.92 Å². The molecule has 9 heavy (non-hydrogen) atoms. The van der Waals surface area contributed by atoms with E-state index >= 15 is 0 Å². The van der Waals surface area contributed by atoms with Crippen LogP contribution >= 0.6 is 0 Å². The van der Waals surface area contributed by atoms with E-state index in [9.17, 15) is 4.79 Å². The summed E-state index contributed by atoms with van der Waals surface area (Å²) in [6.45, 7) is 5.22. The molecule has 0 N–H and O–H groups in total. The molecule has 2 nitrogen and oxygen atoms in total. The van der Waals surface area contributed by atoms with Gasteiger partial charge in [-0.3, -0.25) is 4.79 Å². The monoisotopic (exact) mass is 126 g/mol. The second-order valence-corrected chi connectivity index (χ2v) is 2.09. The van der Waals surface area contributed by atoms with E-state index in [4.69, 9.17) is 0 Å². The number of carbonyl (C=O) groups excluding carboxylic acids is 1. The highest BCUT2D eigenvalue weighted by Gasteiger charge is 2.02. The van der Waals surface area contributed by atoms with Crippen molar-refractivity contribution in [2.24, 2.45) is 0 Å². The number of carbonyl (C=O) groups is 1. The molecule has 1 radical (unpaired) electrons. The van der Waals surface area contributed by atoms with Gasteiger partial charge in [0.2, 0.25) is 5.91 Å². The fourth-order valence-corrected chi connectivity index (χ4v) is 0.440. The minimum absolute atomic E-state index is 0.0185. The van der Waals surface area contributed by atoms with Crippen molar-refractivity contribution in [3.8, 4) is 0 Å². The maximum absolute atomic E-state index is 10.9. The van der Waals surface area contributed by atoms with Crippen LogP contribution < -0.4 is 0 Å². The van der Waals surface area contributed by atoms with Crippen LogP contribution in [-0.2, 0) is 4.79 Å². The Morgan fingerprint density at radius 2 is 2.00 bits per heavy atom. The highest BCUT2D eigenvalue weighted by molar-refractivity contribution is 5.92. The Kier molecular flexibility index (Phi) is 2.99. The van der Waals surface area contributed by atoms with Gasteiger partial charge in [0, 0.05) is 19.7 Å². The molecule has 0 saturated heterocycles. The molecular formula is C7H12NO. The molecule has 0 aliphatic rings. The lowest BCUT2D eigenvalue weighted by atomic mass is 10.3. The number of nitrogens with zero attached hydrogens (tertiary/aromatic N) is 1. The zero-order valence-electron chi connectivity index (χ0n) is 6.14. The summed E-state index contributed by atoms with van der Waals surface area (Å²) < 4.78 is 0. The molecule has 0 aromatic heterocycles. The van der Waals surface area contributed by atoms with E-state index in [2.05, 4.69) is 6.92 Å². The maximum Gasteiger partial charge on any atom is 0.248 e. The fraction of sp³-hybridized carbons (Fsp3) is 0.429. The van der Waals surface area contributed by atoms with E-state index in [1.807, 2.05) is 0 Å². The number of hydrogen-bond donors (Lipinski definition) is 0. The predicted molar refractivity (Wildman–Crippen MR) is 37.8 cm³/mol. The van der Waals surface area contributed by atoms with Gasteiger partial charge in [-0.1, -0.05) is 6.08 Å². The van der Waals surface area contributed by atoms with E-state index < -0.39 is 0 Å². The van der Waals surface area contributed by atoms with Crippen molar-refractivity contribution in [3.63, 3.8) is 0 Å². The first-order valence-corrected chi connectivity index (χ1v) is 2.77. The number of amides is 1. The molecule has 0 bridgehead atoms. The smallest absolute Gasteiger partial charge is 0.248 e. The first-order chi connectivity index (χ1) is 4.09. The standard InChI is InChI=1S/C7H12NO/c1-5-6(2)7(9)8(3)4/h5H,1H2,2-4H3/b6-5+. The van der Waals surface area contributed by atoms with Crippen LogP contribution in [0.1, 0.15) is 6.92 Å². The van der Waals surface area contributed by atoms with Crippen LogP contribution in [0.4, 0.5) is 0 Å². The minimum atomic E-state index is 0.0185. The van der Waals surface area contributed by atoms with Gasteiger partial charge in [-0.05, 0) is 13.8 Å². The Hall–Kier alpha value is -0.790. The third-order valence-electron chi connectivity index (χ3n) is 1.05. The van der Waals surface area contributed by atoms with Crippen molar-refractivity contribution in [1.82, 2.24) is 4.90 Å². The van der Waals surface area contributed by atoms with E-state index in [1.54, 1.807) is 27.1 Å². The Morgan fingerprint density at radius 3 is 2.11 bits per heavy atom. The molecule has 0 aliphatic carbocycles. The number of rotatable bonds is 1. The average Bonchev–Trinajstić information content (AvgIpc) is 1.84. The molecule has 0 atom stereocenters. The highest BCUT2D eigenvalue weighted by atomic mass is 16.2. The Morgan fingerprint density at radius 1 is 1.56 bits per heavy atom. The van der Waals surface area contributed by atoms with Crippen LogP contribution in [0.2, 0.25) is 0 Å². The Balaban J connectivity index is 4.06. The van der Waals surface area contributed by atoms with Crippen molar-refractivity contribution in [1.29, 1.82) is 0 Å². The van der Waals surface area contributed by atoms with Crippen LogP contribution in [0.25, 0.3) is 0 Å². The molecule has 0 fully saturated rings. The lowest BCUT2D eigenvalue weighted by Gasteiger charge is -2.08. The lowest BCUT2D eigenvalue weighted by molar-refractivity contribution is -0.124. The topological polar surface area (TPSA) is 20.3 Å². The molecule has 0 aromatic rings. The predicted octanol–water partition coefficient (Wildman–Crippen LogP) is 0.855. The van der Waals surface area contributed by atoms with E-state index in [-0.39, 0.29) is 5.91 Å². The van der Waals surface area contributed by atoms with Crippen molar-refractivity contribution in [3.05, 3.63) is 18.6 Å². The molecule has 1 amide bonds. The summed E-state index contributed by atoms with van der Waals surface area (Å²) in [7, 11) is 3.44. The summed E-state index contributed by atoms with van der Waals surface area (Å²) in [5.74, 6) is 0.0185. The maximum atomic E-state index is 10.9. The molecule has 0 rings (SSSR count). The van der Waals surface area contributed by atoms with E-state index in [0.717, 1.165) is 0 Å². The van der Waals surface area contributed by atoms with Gasteiger partial charge in [-0.2, -0.15) is 0 Å². The summed E-state index contributed by atoms with van der Waals surface area (Å²) >= 11 is 0. The van der Waals surface area contributed by atoms with Gasteiger partial charge in [0.15, 0.2) is 0 Å². The molecule has 0 aromatic carbocycles. The lowest BCUT2D eigenvalue weighted by Crippen LogP contribution is -2.22.